The minimum Gasteiger partial charge on any atom is -0.475 e. The Balaban J connectivity index is 1.95. The Morgan fingerprint density at radius 3 is 2.67 bits per heavy atom. The van der Waals surface area contributed by atoms with Crippen molar-refractivity contribution in [1.82, 2.24) is 9.97 Å². The van der Waals surface area contributed by atoms with Gasteiger partial charge in [0.2, 0.25) is 11.8 Å². The lowest BCUT2D eigenvalue weighted by Gasteiger charge is -2.13. The molecule has 0 aliphatic heterocycles. The lowest BCUT2D eigenvalue weighted by molar-refractivity contribution is 0.232. The molecular formula is C14H23N3O. The maximum atomic E-state index is 5.61. The second-order valence-electron chi connectivity index (χ2n) is 5.53. The van der Waals surface area contributed by atoms with Crippen LogP contribution in [0.4, 0.5) is 5.95 Å². The molecule has 1 fully saturated rings. The van der Waals surface area contributed by atoms with Gasteiger partial charge in [0.05, 0.1) is 6.10 Å². The van der Waals surface area contributed by atoms with Crippen LogP contribution in [0.5, 0.6) is 5.88 Å². The summed E-state index contributed by atoms with van der Waals surface area (Å²) in [6, 6.07) is 1.87. The van der Waals surface area contributed by atoms with Crippen molar-refractivity contribution in [2.45, 2.75) is 46.6 Å². The van der Waals surface area contributed by atoms with Gasteiger partial charge in [0.1, 0.15) is 0 Å². The van der Waals surface area contributed by atoms with Crippen molar-refractivity contribution < 1.29 is 4.74 Å². The molecule has 0 aromatic carbocycles. The summed E-state index contributed by atoms with van der Waals surface area (Å²) in [7, 11) is 0. The van der Waals surface area contributed by atoms with Crippen LogP contribution < -0.4 is 10.1 Å². The maximum Gasteiger partial charge on any atom is 0.226 e. The summed E-state index contributed by atoms with van der Waals surface area (Å²) >= 11 is 0. The van der Waals surface area contributed by atoms with Gasteiger partial charge in [0.15, 0.2) is 0 Å². The highest BCUT2D eigenvalue weighted by Crippen LogP contribution is 2.36. The molecular weight excluding hydrogens is 226 g/mol. The van der Waals surface area contributed by atoms with E-state index in [0.717, 1.165) is 18.2 Å². The normalized spacial score (nSPS) is 16.7. The van der Waals surface area contributed by atoms with Gasteiger partial charge < -0.3 is 10.1 Å². The zero-order chi connectivity index (χ0) is 13.1. The van der Waals surface area contributed by atoms with Crippen LogP contribution in [0.25, 0.3) is 0 Å². The van der Waals surface area contributed by atoms with Crippen molar-refractivity contribution in [2.24, 2.45) is 11.8 Å². The van der Waals surface area contributed by atoms with Crippen LogP contribution in [0.3, 0.4) is 0 Å². The average Bonchev–Trinajstić information content (AvgIpc) is 3.07. The molecule has 1 aliphatic carbocycles. The first-order chi connectivity index (χ1) is 8.54. The lowest BCUT2D eigenvalue weighted by atomic mass is 10.1. The third-order valence-electron chi connectivity index (χ3n) is 3.20. The minimum atomic E-state index is 0.137. The van der Waals surface area contributed by atoms with Gasteiger partial charge in [0.25, 0.3) is 0 Å². The molecule has 4 heteroatoms. The van der Waals surface area contributed by atoms with Crippen molar-refractivity contribution in [3.05, 3.63) is 11.8 Å². The summed E-state index contributed by atoms with van der Waals surface area (Å²) < 4.78 is 5.61. The Bertz CT molecular complexity index is 402. The monoisotopic (exact) mass is 249 g/mol. The van der Waals surface area contributed by atoms with Crippen LogP contribution in [-0.2, 0) is 0 Å². The van der Waals surface area contributed by atoms with Crippen molar-refractivity contribution in [2.75, 3.05) is 11.9 Å². The van der Waals surface area contributed by atoms with E-state index in [1.54, 1.807) is 0 Å². The van der Waals surface area contributed by atoms with Gasteiger partial charge >= 0.3 is 0 Å². The highest BCUT2D eigenvalue weighted by atomic mass is 16.5. The van der Waals surface area contributed by atoms with E-state index in [2.05, 4.69) is 22.2 Å². The molecule has 1 saturated carbocycles. The fourth-order valence-corrected chi connectivity index (χ4v) is 2.00. The van der Waals surface area contributed by atoms with Gasteiger partial charge in [0, 0.05) is 18.3 Å². The fraction of sp³-hybridized carbons (Fsp3) is 0.714. The topological polar surface area (TPSA) is 47.0 Å². The molecule has 1 heterocycles. The number of nitrogens with one attached hydrogen (secondary N) is 1. The fourth-order valence-electron chi connectivity index (χ4n) is 2.00. The highest BCUT2D eigenvalue weighted by molar-refractivity contribution is 5.30. The zero-order valence-corrected chi connectivity index (χ0v) is 11.7. The molecule has 100 valence electrons. The lowest BCUT2D eigenvalue weighted by Crippen LogP contribution is -2.16. The summed E-state index contributed by atoms with van der Waals surface area (Å²) in [6.07, 6.45) is 2.89. The van der Waals surface area contributed by atoms with Crippen molar-refractivity contribution in [3.63, 3.8) is 0 Å². The largest absolute Gasteiger partial charge is 0.475 e. The van der Waals surface area contributed by atoms with Crippen LogP contribution in [-0.4, -0.2) is 22.6 Å². The van der Waals surface area contributed by atoms with Crippen LogP contribution in [0.2, 0.25) is 0 Å². The molecule has 1 aliphatic rings. The van der Waals surface area contributed by atoms with Crippen LogP contribution >= 0.6 is 0 Å². The molecule has 0 radical (unpaired) electrons. The van der Waals surface area contributed by atoms with E-state index in [-0.39, 0.29) is 6.10 Å². The number of rotatable bonds is 6. The number of hydrogen-bond donors (Lipinski definition) is 1. The van der Waals surface area contributed by atoms with Crippen molar-refractivity contribution >= 4 is 5.95 Å². The predicted octanol–water partition coefficient (Wildman–Crippen LogP) is 3.03. The maximum absolute atomic E-state index is 5.61. The molecule has 0 bridgehead atoms. The first kappa shape index (κ1) is 13.1. The van der Waals surface area contributed by atoms with Gasteiger partial charge in [-0.1, -0.05) is 6.92 Å². The third kappa shape index (κ3) is 3.86. The molecule has 0 amide bonds. The van der Waals surface area contributed by atoms with E-state index in [1.807, 2.05) is 26.8 Å². The number of aromatic nitrogens is 2. The van der Waals surface area contributed by atoms with E-state index >= 15 is 0 Å². The van der Waals surface area contributed by atoms with E-state index in [0.29, 0.717) is 17.7 Å². The first-order valence-corrected chi connectivity index (χ1v) is 6.81. The van der Waals surface area contributed by atoms with Crippen LogP contribution in [0.1, 0.15) is 39.3 Å². The standard InChI is InChI=1S/C14H23N3O/c1-9(2)18-13-7-11(4)16-14(17-13)15-8-10(3)12-5-6-12/h7,9-10,12H,5-6,8H2,1-4H3,(H,15,16,17). The third-order valence-corrected chi connectivity index (χ3v) is 3.20. The van der Waals surface area contributed by atoms with E-state index < -0.39 is 0 Å². The summed E-state index contributed by atoms with van der Waals surface area (Å²) in [6.45, 7) is 9.19. The molecule has 1 aromatic heterocycles. The Morgan fingerprint density at radius 1 is 1.33 bits per heavy atom. The first-order valence-electron chi connectivity index (χ1n) is 6.81. The van der Waals surface area contributed by atoms with Gasteiger partial charge in [-0.25, -0.2) is 4.98 Å². The quantitative estimate of drug-likeness (QED) is 0.841. The Labute approximate surface area is 109 Å². The number of anilines is 1. The van der Waals surface area contributed by atoms with Crippen LogP contribution in [0, 0.1) is 18.8 Å². The molecule has 0 saturated heterocycles. The zero-order valence-electron chi connectivity index (χ0n) is 11.7. The summed E-state index contributed by atoms with van der Waals surface area (Å²) in [4.78, 5) is 8.77. The molecule has 4 nitrogen and oxygen atoms in total. The molecule has 1 aromatic rings. The summed E-state index contributed by atoms with van der Waals surface area (Å²) in [5.41, 5.74) is 0.933. The number of nitrogens with zero attached hydrogens (tertiary/aromatic N) is 2. The smallest absolute Gasteiger partial charge is 0.226 e. The van der Waals surface area contributed by atoms with E-state index in [1.165, 1.54) is 12.8 Å². The molecule has 1 unspecified atom stereocenters. The molecule has 0 spiro atoms. The molecule has 18 heavy (non-hydrogen) atoms. The van der Waals surface area contributed by atoms with Gasteiger partial charge in [-0.3, -0.25) is 0 Å². The summed E-state index contributed by atoms with van der Waals surface area (Å²) in [5.74, 6) is 2.93. The highest BCUT2D eigenvalue weighted by Gasteiger charge is 2.27. The average molecular weight is 249 g/mol. The Morgan fingerprint density at radius 2 is 2.06 bits per heavy atom. The van der Waals surface area contributed by atoms with Gasteiger partial charge in [-0.05, 0) is 45.4 Å². The van der Waals surface area contributed by atoms with Crippen molar-refractivity contribution in [1.29, 1.82) is 0 Å². The number of aryl methyl sites for hydroxylation is 1. The van der Waals surface area contributed by atoms with Gasteiger partial charge in [-0.15, -0.1) is 0 Å². The Kier molecular flexibility index (Phi) is 4.04. The summed E-state index contributed by atoms with van der Waals surface area (Å²) in [5, 5.41) is 3.32. The molecule has 2 rings (SSSR count). The second-order valence-corrected chi connectivity index (χ2v) is 5.53. The number of hydrogen-bond acceptors (Lipinski definition) is 4. The predicted molar refractivity (Wildman–Crippen MR) is 72.9 cm³/mol. The molecule has 1 N–H and O–H groups in total. The molecule has 1 atom stereocenters. The SMILES string of the molecule is Cc1cc(OC(C)C)nc(NCC(C)C2CC2)n1. The van der Waals surface area contributed by atoms with E-state index in [4.69, 9.17) is 4.74 Å². The Hall–Kier alpha value is -1.32. The van der Waals surface area contributed by atoms with Gasteiger partial charge in [-0.2, -0.15) is 4.98 Å². The second kappa shape index (κ2) is 5.55. The van der Waals surface area contributed by atoms with Crippen molar-refractivity contribution in [3.8, 4) is 5.88 Å². The van der Waals surface area contributed by atoms with E-state index in [9.17, 15) is 0 Å². The van der Waals surface area contributed by atoms with Crippen LogP contribution in [0.15, 0.2) is 6.07 Å². The number of ether oxygens (including phenoxy) is 1. The minimum absolute atomic E-state index is 0.137.